The van der Waals surface area contributed by atoms with Crippen LogP contribution in [0.1, 0.15) is 12.5 Å². The van der Waals surface area contributed by atoms with Gasteiger partial charge in [-0.1, -0.05) is 41.6 Å². The number of thioether (sulfide) groups is 2. The van der Waals surface area contributed by atoms with E-state index in [1.165, 1.54) is 18.7 Å². The molecular formula is C15H12ClNO3S2. The number of benzene rings is 1. The molecule has 0 spiro atoms. The summed E-state index contributed by atoms with van der Waals surface area (Å²) < 4.78 is 5.69. The molecule has 0 atom stereocenters. The largest absolute Gasteiger partial charge is 0.425 e. The number of aliphatic imine (C=N–C) groups is 1. The highest BCUT2D eigenvalue weighted by atomic mass is 35.5. The topological polar surface area (TPSA) is 55.7 Å². The number of carbonyl (C=O) groups is 2. The molecule has 1 aromatic rings. The van der Waals surface area contributed by atoms with Crippen molar-refractivity contribution in [1.29, 1.82) is 0 Å². The zero-order valence-corrected chi connectivity index (χ0v) is 14.1. The molecule has 0 fully saturated rings. The maximum atomic E-state index is 11.9. The fourth-order valence-corrected chi connectivity index (χ4v) is 3.42. The number of carbonyl (C=O) groups excluding carboxylic acids is 2. The van der Waals surface area contributed by atoms with E-state index in [-0.39, 0.29) is 15.9 Å². The Bertz CT molecular complexity index is 698. The van der Waals surface area contributed by atoms with Crippen molar-refractivity contribution >= 4 is 56.7 Å². The zero-order chi connectivity index (χ0) is 16.1. The van der Waals surface area contributed by atoms with Gasteiger partial charge in [-0.25, -0.2) is 4.99 Å². The second-order valence-electron chi connectivity index (χ2n) is 4.15. The van der Waals surface area contributed by atoms with E-state index in [2.05, 4.69) is 11.6 Å². The van der Waals surface area contributed by atoms with Crippen LogP contribution in [0.2, 0.25) is 5.02 Å². The average Bonchev–Trinajstić information content (AvgIpc) is 2.81. The summed E-state index contributed by atoms with van der Waals surface area (Å²) in [4.78, 5) is 27.2. The summed E-state index contributed by atoms with van der Waals surface area (Å²) in [5.74, 6) is 0.488. The fourth-order valence-electron chi connectivity index (χ4n) is 1.60. The lowest BCUT2D eigenvalue weighted by molar-refractivity contribution is -0.131. The molecule has 0 saturated carbocycles. The number of hydrogen-bond donors (Lipinski definition) is 0. The molecule has 1 heterocycles. The number of rotatable bonds is 4. The van der Waals surface area contributed by atoms with Crippen LogP contribution in [0.15, 0.2) is 41.5 Å². The molecule has 0 bridgehead atoms. The highest BCUT2D eigenvalue weighted by Crippen LogP contribution is 2.34. The van der Waals surface area contributed by atoms with E-state index in [0.717, 1.165) is 11.8 Å². The van der Waals surface area contributed by atoms with E-state index < -0.39 is 5.97 Å². The molecule has 1 aliphatic heterocycles. The SMILES string of the molecule is C=CCSC1=N/C(=C/c2cccc(OC(C)=O)c2Cl)C(=O)S1. The molecule has 0 unspecified atom stereocenters. The van der Waals surface area contributed by atoms with Crippen LogP contribution < -0.4 is 4.74 Å². The van der Waals surface area contributed by atoms with Gasteiger partial charge in [-0.05, 0) is 29.5 Å². The molecule has 0 radical (unpaired) electrons. The third kappa shape index (κ3) is 4.25. The average molecular weight is 354 g/mol. The lowest BCUT2D eigenvalue weighted by Gasteiger charge is -2.06. The highest BCUT2D eigenvalue weighted by molar-refractivity contribution is 8.45. The third-order valence-corrected chi connectivity index (χ3v) is 4.87. The van der Waals surface area contributed by atoms with Gasteiger partial charge < -0.3 is 4.74 Å². The molecule has 0 aliphatic carbocycles. The molecule has 1 aromatic carbocycles. The van der Waals surface area contributed by atoms with Gasteiger partial charge in [-0.2, -0.15) is 0 Å². The van der Waals surface area contributed by atoms with Crippen LogP contribution >= 0.6 is 35.1 Å². The van der Waals surface area contributed by atoms with E-state index in [1.54, 1.807) is 30.4 Å². The third-order valence-electron chi connectivity index (χ3n) is 2.46. The van der Waals surface area contributed by atoms with E-state index in [4.69, 9.17) is 16.3 Å². The Balaban J connectivity index is 2.29. The van der Waals surface area contributed by atoms with E-state index in [9.17, 15) is 9.59 Å². The van der Waals surface area contributed by atoms with Gasteiger partial charge in [0.15, 0.2) is 0 Å². The summed E-state index contributed by atoms with van der Waals surface area (Å²) in [5, 5.41) is 0.130. The molecule has 7 heteroatoms. The van der Waals surface area contributed by atoms with Crippen LogP contribution in [0.3, 0.4) is 0 Å². The first-order valence-corrected chi connectivity index (χ1v) is 8.42. The lowest BCUT2D eigenvalue weighted by Crippen LogP contribution is -2.02. The Labute approximate surface area is 141 Å². The molecule has 0 saturated heterocycles. The lowest BCUT2D eigenvalue weighted by atomic mass is 10.2. The second-order valence-corrected chi connectivity index (χ2v) is 6.76. The first-order valence-electron chi connectivity index (χ1n) is 6.24. The molecule has 0 N–H and O–H groups in total. The Hall–Kier alpha value is -1.50. The van der Waals surface area contributed by atoms with Crippen LogP contribution in [-0.2, 0) is 9.59 Å². The van der Waals surface area contributed by atoms with E-state index >= 15 is 0 Å². The zero-order valence-electron chi connectivity index (χ0n) is 11.7. The summed E-state index contributed by atoms with van der Waals surface area (Å²) >= 11 is 8.72. The van der Waals surface area contributed by atoms with Crippen LogP contribution in [0.25, 0.3) is 6.08 Å². The van der Waals surface area contributed by atoms with Crippen molar-refractivity contribution < 1.29 is 14.3 Å². The number of halogens is 1. The Morgan fingerprint density at radius 1 is 1.55 bits per heavy atom. The minimum atomic E-state index is -0.458. The van der Waals surface area contributed by atoms with Gasteiger partial charge in [0.25, 0.3) is 0 Å². The number of hydrogen-bond acceptors (Lipinski definition) is 6. The van der Waals surface area contributed by atoms with Crippen molar-refractivity contribution in [2.24, 2.45) is 4.99 Å². The fraction of sp³-hybridized carbons (Fsp3) is 0.133. The molecule has 22 heavy (non-hydrogen) atoms. The van der Waals surface area contributed by atoms with Gasteiger partial charge in [0.1, 0.15) is 15.8 Å². The van der Waals surface area contributed by atoms with Crippen molar-refractivity contribution in [2.45, 2.75) is 6.92 Å². The molecule has 0 amide bonds. The van der Waals surface area contributed by atoms with Crippen molar-refractivity contribution in [3.63, 3.8) is 0 Å². The van der Waals surface area contributed by atoms with Crippen molar-refractivity contribution in [2.75, 3.05) is 5.75 Å². The summed E-state index contributed by atoms with van der Waals surface area (Å²) in [6.45, 7) is 4.93. The Kier molecular flexibility index (Phi) is 5.88. The van der Waals surface area contributed by atoms with Crippen LogP contribution in [0, 0.1) is 0 Å². The molecule has 4 nitrogen and oxygen atoms in total. The van der Waals surface area contributed by atoms with E-state index in [1.807, 2.05) is 0 Å². The van der Waals surface area contributed by atoms with Crippen molar-refractivity contribution in [3.05, 3.63) is 47.1 Å². The summed E-state index contributed by atoms with van der Waals surface area (Å²) in [7, 11) is 0. The molecule has 0 aromatic heterocycles. The monoisotopic (exact) mass is 353 g/mol. The maximum Gasteiger partial charge on any atom is 0.308 e. The minimum Gasteiger partial charge on any atom is -0.425 e. The van der Waals surface area contributed by atoms with Gasteiger partial charge in [0, 0.05) is 12.7 Å². The van der Waals surface area contributed by atoms with Crippen LogP contribution in [0.5, 0.6) is 5.75 Å². The van der Waals surface area contributed by atoms with Gasteiger partial charge in [0.05, 0.1) is 5.02 Å². The second kappa shape index (κ2) is 7.67. The summed E-state index contributed by atoms with van der Waals surface area (Å²) in [6.07, 6.45) is 3.34. The van der Waals surface area contributed by atoms with Crippen molar-refractivity contribution in [1.82, 2.24) is 0 Å². The van der Waals surface area contributed by atoms with Gasteiger partial charge in [0.2, 0.25) is 5.12 Å². The first-order chi connectivity index (χ1) is 10.5. The normalized spacial score (nSPS) is 15.8. The molecular weight excluding hydrogens is 342 g/mol. The highest BCUT2D eigenvalue weighted by Gasteiger charge is 2.22. The van der Waals surface area contributed by atoms with Crippen LogP contribution in [0.4, 0.5) is 0 Å². The molecule has 1 aliphatic rings. The quantitative estimate of drug-likeness (QED) is 0.352. The minimum absolute atomic E-state index is 0.138. The van der Waals surface area contributed by atoms with Gasteiger partial charge in [-0.15, -0.1) is 6.58 Å². The standard InChI is InChI=1S/C15H12ClNO3S2/c1-3-7-21-15-17-11(14(19)22-15)8-10-5-4-6-12(13(10)16)20-9(2)18/h3-6,8H,1,7H2,2H3/b11-8+. The Morgan fingerprint density at radius 2 is 2.32 bits per heavy atom. The first kappa shape index (κ1) is 16.9. The van der Waals surface area contributed by atoms with E-state index in [0.29, 0.717) is 21.4 Å². The molecule has 2 rings (SSSR count). The Morgan fingerprint density at radius 3 is 3.00 bits per heavy atom. The summed E-state index contributed by atoms with van der Waals surface area (Å²) in [6, 6.07) is 5.01. The summed E-state index contributed by atoms with van der Waals surface area (Å²) in [5.41, 5.74) is 0.890. The predicted octanol–water partition coefficient (Wildman–Crippen LogP) is 4.15. The van der Waals surface area contributed by atoms with Gasteiger partial charge >= 0.3 is 5.97 Å². The van der Waals surface area contributed by atoms with Gasteiger partial charge in [-0.3, -0.25) is 9.59 Å². The molecule has 114 valence electrons. The maximum absolute atomic E-state index is 11.9. The van der Waals surface area contributed by atoms with Crippen LogP contribution in [-0.4, -0.2) is 21.2 Å². The number of esters is 1. The predicted molar refractivity (Wildman–Crippen MR) is 93.4 cm³/mol. The smallest absolute Gasteiger partial charge is 0.308 e. The van der Waals surface area contributed by atoms with Crippen molar-refractivity contribution in [3.8, 4) is 5.75 Å². The number of nitrogens with zero attached hydrogens (tertiary/aromatic N) is 1. The number of ether oxygens (including phenoxy) is 1.